The molecule has 21 heavy (non-hydrogen) atoms. The molecule has 1 fully saturated rings. The summed E-state index contributed by atoms with van der Waals surface area (Å²) in [4.78, 5) is 0. The lowest BCUT2D eigenvalue weighted by atomic mass is 9.98. The molecule has 2 heteroatoms. The second kappa shape index (κ2) is 14.8. The van der Waals surface area contributed by atoms with Crippen molar-refractivity contribution in [3.63, 3.8) is 0 Å². The van der Waals surface area contributed by atoms with Crippen LogP contribution in [0.3, 0.4) is 0 Å². The first kappa shape index (κ1) is 19.0. The Bertz CT molecular complexity index is 200. The minimum atomic E-state index is 0.523. The van der Waals surface area contributed by atoms with E-state index in [9.17, 15) is 0 Å². The van der Waals surface area contributed by atoms with Crippen molar-refractivity contribution in [2.45, 2.75) is 103 Å². The van der Waals surface area contributed by atoms with E-state index in [-0.39, 0.29) is 0 Å². The third kappa shape index (κ3) is 12.2. The average molecular weight is 299 g/mol. The normalized spacial score (nSPS) is 16.4. The maximum atomic E-state index is 5.85. The molecule has 1 rings (SSSR count). The van der Waals surface area contributed by atoms with Crippen molar-refractivity contribution >= 4 is 0 Å². The highest BCUT2D eigenvalue weighted by Crippen LogP contribution is 2.19. The molecule has 126 valence electrons. The molecule has 0 unspecified atom stereocenters. The van der Waals surface area contributed by atoms with E-state index in [1.807, 2.05) is 0 Å². The Hall–Kier alpha value is -0.0800. The van der Waals surface area contributed by atoms with Crippen LogP contribution < -0.4 is 0 Å². The van der Waals surface area contributed by atoms with Gasteiger partial charge in [-0.25, -0.2) is 0 Å². The monoisotopic (exact) mass is 298 g/mol. The van der Waals surface area contributed by atoms with E-state index in [1.54, 1.807) is 0 Å². The van der Waals surface area contributed by atoms with E-state index in [0.29, 0.717) is 6.10 Å². The number of hydrogen-bond acceptors (Lipinski definition) is 2. The zero-order chi connectivity index (χ0) is 15.0. The van der Waals surface area contributed by atoms with Crippen molar-refractivity contribution in [1.29, 1.82) is 0 Å². The van der Waals surface area contributed by atoms with Gasteiger partial charge in [-0.2, -0.15) is 0 Å². The zero-order valence-electron chi connectivity index (χ0n) is 14.4. The predicted molar refractivity (Wildman–Crippen MR) is 90.9 cm³/mol. The molecule has 0 heterocycles. The molecule has 1 aliphatic carbocycles. The summed E-state index contributed by atoms with van der Waals surface area (Å²) in [7, 11) is 0. The van der Waals surface area contributed by atoms with Crippen LogP contribution in [0.25, 0.3) is 0 Å². The first-order valence-electron chi connectivity index (χ1n) is 9.63. The summed E-state index contributed by atoms with van der Waals surface area (Å²) in [5, 5.41) is 0. The molecule has 0 aliphatic heterocycles. The van der Waals surface area contributed by atoms with Gasteiger partial charge in [-0.1, -0.05) is 77.6 Å². The van der Waals surface area contributed by atoms with Crippen molar-refractivity contribution in [2.24, 2.45) is 0 Å². The molecule has 0 saturated heterocycles. The number of hydrogen-bond donors (Lipinski definition) is 0. The van der Waals surface area contributed by atoms with Gasteiger partial charge in [0.05, 0.1) is 19.3 Å². The summed E-state index contributed by atoms with van der Waals surface area (Å²) in [5.41, 5.74) is 0. The Balaban J connectivity index is 1.69. The standard InChI is InChI=1S/C19H38O2/c1-2-3-4-5-6-7-8-9-13-16-20-17-18-21-19-14-11-10-12-15-19/h19H,2-18H2,1H3. The molecule has 0 aromatic rings. The van der Waals surface area contributed by atoms with Crippen molar-refractivity contribution in [1.82, 2.24) is 0 Å². The molecular weight excluding hydrogens is 260 g/mol. The van der Waals surface area contributed by atoms with Crippen LogP contribution >= 0.6 is 0 Å². The Morgan fingerprint density at radius 2 is 1.29 bits per heavy atom. The maximum Gasteiger partial charge on any atom is 0.0704 e. The average Bonchev–Trinajstić information content (AvgIpc) is 2.53. The van der Waals surface area contributed by atoms with Gasteiger partial charge in [0.25, 0.3) is 0 Å². The number of unbranched alkanes of at least 4 members (excludes halogenated alkanes) is 8. The minimum Gasteiger partial charge on any atom is -0.379 e. The number of rotatable bonds is 14. The zero-order valence-corrected chi connectivity index (χ0v) is 14.4. The lowest BCUT2D eigenvalue weighted by Gasteiger charge is -2.21. The SMILES string of the molecule is CCCCCCCCCCCOCCOC1CCCCC1. The lowest BCUT2D eigenvalue weighted by molar-refractivity contribution is -0.0106. The molecule has 0 amide bonds. The van der Waals surface area contributed by atoms with Gasteiger partial charge in [-0.05, 0) is 19.3 Å². The smallest absolute Gasteiger partial charge is 0.0704 e. The van der Waals surface area contributed by atoms with Crippen LogP contribution in [0.5, 0.6) is 0 Å². The van der Waals surface area contributed by atoms with E-state index in [0.717, 1.165) is 19.8 Å². The minimum absolute atomic E-state index is 0.523. The van der Waals surface area contributed by atoms with Crippen LogP contribution in [0.2, 0.25) is 0 Å². The Morgan fingerprint density at radius 1 is 0.667 bits per heavy atom. The van der Waals surface area contributed by atoms with Crippen molar-refractivity contribution in [3.8, 4) is 0 Å². The quantitative estimate of drug-likeness (QED) is 0.373. The highest BCUT2D eigenvalue weighted by molar-refractivity contribution is 4.64. The fourth-order valence-electron chi connectivity index (χ4n) is 3.12. The van der Waals surface area contributed by atoms with E-state index >= 15 is 0 Å². The summed E-state index contributed by atoms with van der Waals surface area (Å²) in [6.45, 7) is 4.78. The van der Waals surface area contributed by atoms with Gasteiger partial charge in [0.2, 0.25) is 0 Å². The first-order chi connectivity index (χ1) is 10.4. The lowest BCUT2D eigenvalue weighted by Crippen LogP contribution is -2.19. The molecule has 0 aromatic heterocycles. The van der Waals surface area contributed by atoms with Gasteiger partial charge in [-0.3, -0.25) is 0 Å². The van der Waals surface area contributed by atoms with Gasteiger partial charge in [0, 0.05) is 6.61 Å². The maximum absolute atomic E-state index is 5.85. The van der Waals surface area contributed by atoms with Crippen molar-refractivity contribution < 1.29 is 9.47 Å². The molecule has 0 aromatic carbocycles. The molecule has 0 spiro atoms. The molecule has 2 nitrogen and oxygen atoms in total. The van der Waals surface area contributed by atoms with Crippen LogP contribution in [-0.2, 0) is 9.47 Å². The third-order valence-corrected chi connectivity index (χ3v) is 4.53. The number of ether oxygens (including phenoxy) is 2. The van der Waals surface area contributed by atoms with Crippen molar-refractivity contribution in [3.05, 3.63) is 0 Å². The van der Waals surface area contributed by atoms with Gasteiger partial charge in [0.1, 0.15) is 0 Å². The van der Waals surface area contributed by atoms with Gasteiger partial charge >= 0.3 is 0 Å². The highest BCUT2D eigenvalue weighted by Gasteiger charge is 2.12. The Kier molecular flexibility index (Phi) is 13.4. The molecule has 1 saturated carbocycles. The summed E-state index contributed by atoms with van der Waals surface area (Å²) in [6.07, 6.45) is 19.5. The summed E-state index contributed by atoms with van der Waals surface area (Å²) < 4.78 is 11.5. The topological polar surface area (TPSA) is 18.5 Å². The third-order valence-electron chi connectivity index (χ3n) is 4.53. The second-order valence-electron chi connectivity index (χ2n) is 6.57. The molecule has 0 bridgehead atoms. The Morgan fingerprint density at radius 3 is 1.95 bits per heavy atom. The van der Waals surface area contributed by atoms with Gasteiger partial charge < -0.3 is 9.47 Å². The highest BCUT2D eigenvalue weighted by atomic mass is 16.5. The van der Waals surface area contributed by atoms with Crippen LogP contribution in [0.1, 0.15) is 96.8 Å². The molecule has 0 radical (unpaired) electrons. The second-order valence-corrected chi connectivity index (χ2v) is 6.57. The molecule has 0 atom stereocenters. The van der Waals surface area contributed by atoms with Crippen LogP contribution in [0, 0.1) is 0 Å². The van der Waals surface area contributed by atoms with Crippen LogP contribution in [0.4, 0.5) is 0 Å². The molecule has 0 N–H and O–H groups in total. The van der Waals surface area contributed by atoms with Crippen LogP contribution in [0.15, 0.2) is 0 Å². The summed E-state index contributed by atoms with van der Waals surface area (Å²) in [6, 6.07) is 0. The van der Waals surface area contributed by atoms with E-state index in [1.165, 1.54) is 89.9 Å². The first-order valence-corrected chi connectivity index (χ1v) is 9.63. The fraction of sp³-hybridized carbons (Fsp3) is 1.00. The summed E-state index contributed by atoms with van der Waals surface area (Å²) >= 11 is 0. The fourth-order valence-corrected chi connectivity index (χ4v) is 3.12. The van der Waals surface area contributed by atoms with Crippen molar-refractivity contribution in [2.75, 3.05) is 19.8 Å². The van der Waals surface area contributed by atoms with E-state index in [2.05, 4.69) is 6.92 Å². The molecule has 1 aliphatic rings. The van der Waals surface area contributed by atoms with Gasteiger partial charge in [0.15, 0.2) is 0 Å². The molecular formula is C19H38O2. The van der Waals surface area contributed by atoms with Crippen LogP contribution in [-0.4, -0.2) is 25.9 Å². The summed E-state index contributed by atoms with van der Waals surface area (Å²) in [5.74, 6) is 0. The Labute approximate surface area is 133 Å². The predicted octanol–water partition coefficient (Wildman–Crippen LogP) is 5.88. The van der Waals surface area contributed by atoms with E-state index < -0.39 is 0 Å². The van der Waals surface area contributed by atoms with Gasteiger partial charge in [-0.15, -0.1) is 0 Å². The largest absolute Gasteiger partial charge is 0.379 e. The van der Waals surface area contributed by atoms with E-state index in [4.69, 9.17) is 9.47 Å².